The summed E-state index contributed by atoms with van der Waals surface area (Å²) in [5, 5.41) is 2.24. The summed E-state index contributed by atoms with van der Waals surface area (Å²) in [7, 11) is 0. The van der Waals surface area contributed by atoms with Gasteiger partial charge in [0.05, 0.1) is 22.4 Å². The lowest BCUT2D eigenvalue weighted by Gasteiger charge is -2.33. The first-order valence-corrected chi connectivity index (χ1v) is 11.2. The van der Waals surface area contributed by atoms with Gasteiger partial charge in [-0.1, -0.05) is 25.5 Å². The monoisotopic (exact) mass is 399 g/mol. The third-order valence-corrected chi connectivity index (χ3v) is 7.25. The minimum Gasteiger partial charge on any atom is -0.370 e. The first-order chi connectivity index (χ1) is 12.9. The van der Waals surface area contributed by atoms with E-state index in [0.717, 1.165) is 50.7 Å². The number of aromatic nitrogens is 3. The topological polar surface area (TPSA) is 47.9 Å². The number of fused-ring (bicyclic) bond motifs is 5. The van der Waals surface area contributed by atoms with Gasteiger partial charge in [-0.25, -0.2) is 15.0 Å². The minimum atomic E-state index is -0.163. The summed E-state index contributed by atoms with van der Waals surface area (Å²) in [6.45, 7) is 13.2. The van der Waals surface area contributed by atoms with Crippen molar-refractivity contribution in [2.75, 3.05) is 5.75 Å². The molecule has 0 saturated heterocycles. The summed E-state index contributed by atoms with van der Waals surface area (Å²) in [6.07, 6.45) is 4.65. The van der Waals surface area contributed by atoms with E-state index in [-0.39, 0.29) is 5.60 Å². The molecule has 0 saturated carbocycles. The first-order valence-electron chi connectivity index (χ1n) is 9.38. The Morgan fingerprint density at radius 2 is 2.15 bits per heavy atom. The van der Waals surface area contributed by atoms with Crippen molar-refractivity contribution >= 4 is 43.5 Å². The molecule has 0 atom stereocenters. The molecule has 0 bridgehead atoms. The van der Waals surface area contributed by atoms with Crippen molar-refractivity contribution in [3.8, 4) is 0 Å². The molecule has 4 heterocycles. The second-order valence-corrected chi connectivity index (χ2v) is 9.84. The van der Waals surface area contributed by atoms with E-state index in [1.165, 1.54) is 22.2 Å². The molecule has 0 amide bonds. The average molecular weight is 400 g/mol. The zero-order valence-corrected chi connectivity index (χ0v) is 18.0. The number of thiophene rings is 1. The fourth-order valence-corrected chi connectivity index (χ4v) is 5.69. The summed E-state index contributed by atoms with van der Waals surface area (Å²) in [5.41, 5.74) is 5.86. The standard InChI is InChI=1S/C21H25N3OS2/c1-6-7-15-14-9-25-21(4,5)8-13(14)16-17-18(27-19(16)24-15)20(23-11-22-17)26-10-12(2)3/h11H,2,6-10H2,1,3-5H3. The van der Waals surface area contributed by atoms with Crippen LogP contribution in [0.15, 0.2) is 23.5 Å². The average Bonchev–Trinajstić information content (AvgIpc) is 2.98. The Hall–Kier alpha value is -1.50. The third kappa shape index (κ3) is 3.50. The Labute approximate surface area is 168 Å². The molecular formula is C21H25N3OS2. The van der Waals surface area contributed by atoms with E-state index in [0.29, 0.717) is 6.61 Å². The summed E-state index contributed by atoms with van der Waals surface area (Å²) in [6, 6.07) is 0. The molecule has 142 valence electrons. The number of hydrogen-bond acceptors (Lipinski definition) is 6. The number of thioether (sulfide) groups is 1. The van der Waals surface area contributed by atoms with Crippen LogP contribution in [0.3, 0.4) is 0 Å². The fourth-order valence-electron chi connectivity index (χ4n) is 3.59. The van der Waals surface area contributed by atoms with Gasteiger partial charge in [0, 0.05) is 28.8 Å². The summed E-state index contributed by atoms with van der Waals surface area (Å²) < 4.78 is 7.27. The molecule has 3 aromatic heterocycles. The lowest BCUT2D eigenvalue weighted by Crippen LogP contribution is -2.32. The molecule has 0 aromatic carbocycles. The molecule has 0 fully saturated rings. The highest BCUT2D eigenvalue weighted by Gasteiger charge is 2.31. The Morgan fingerprint density at radius 3 is 2.89 bits per heavy atom. The molecule has 0 radical (unpaired) electrons. The highest BCUT2D eigenvalue weighted by molar-refractivity contribution is 7.99. The molecule has 0 N–H and O–H groups in total. The predicted molar refractivity (Wildman–Crippen MR) is 115 cm³/mol. The summed E-state index contributed by atoms with van der Waals surface area (Å²) >= 11 is 3.46. The quantitative estimate of drug-likeness (QED) is 0.312. The maximum Gasteiger partial charge on any atom is 0.126 e. The largest absolute Gasteiger partial charge is 0.370 e. The van der Waals surface area contributed by atoms with Crippen molar-refractivity contribution in [3.63, 3.8) is 0 Å². The number of hydrogen-bond donors (Lipinski definition) is 0. The van der Waals surface area contributed by atoms with Crippen LogP contribution in [0.2, 0.25) is 0 Å². The van der Waals surface area contributed by atoms with Gasteiger partial charge in [0.2, 0.25) is 0 Å². The van der Waals surface area contributed by atoms with Gasteiger partial charge in [0.15, 0.2) is 0 Å². The number of ether oxygens (including phenoxy) is 1. The van der Waals surface area contributed by atoms with Gasteiger partial charge in [-0.05, 0) is 32.8 Å². The number of aryl methyl sites for hydroxylation is 1. The maximum absolute atomic E-state index is 6.12. The zero-order valence-electron chi connectivity index (χ0n) is 16.4. The van der Waals surface area contributed by atoms with Crippen LogP contribution >= 0.6 is 23.1 Å². The van der Waals surface area contributed by atoms with Crippen LogP contribution in [0.4, 0.5) is 0 Å². The summed E-state index contributed by atoms with van der Waals surface area (Å²) in [5.74, 6) is 0.869. The second-order valence-electron chi connectivity index (χ2n) is 7.88. The SMILES string of the molecule is C=C(C)CSc1ncnc2c1sc1nc(CCC)c3c(c12)CC(C)(C)OC3. The molecule has 1 aliphatic heterocycles. The Morgan fingerprint density at radius 1 is 1.33 bits per heavy atom. The molecule has 0 spiro atoms. The highest BCUT2D eigenvalue weighted by atomic mass is 32.2. The minimum absolute atomic E-state index is 0.163. The predicted octanol–water partition coefficient (Wildman–Crippen LogP) is 5.71. The van der Waals surface area contributed by atoms with Crippen molar-refractivity contribution in [1.82, 2.24) is 15.0 Å². The van der Waals surface area contributed by atoms with Crippen molar-refractivity contribution in [1.29, 1.82) is 0 Å². The van der Waals surface area contributed by atoms with Crippen LogP contribution in [-0.2, 0) is 24.2 Å². The molecule has 3 aromatic rings. The zero-order chi connectivity index (χ0) is 19.2. The fraction of sp³-hybridized carbons (Fsp3) is 0.476. The molecule has 27 heavy (non-hydrogen) atoms. The van der Waals surface area contributed by atoms with Crippen LogP contribution in [0.1, 0.15) is 50.9 Å². The smallest absolute Gasteiger partial charge is 0.126 e. The number of rotatable bonds is 5. The lowest BCUT2D eigenvalue weighted by molar-refractivity contribution is -0.0401. The second kappa shape index (κ2) is 7.15. The highest BCUT2D eigenvalue weighted by Crippen LogP contribution is 2.42. The van der Waals surface area contributed by atoms with Gasteiger partial charge in [-0.2, -0.15) is 0 Å². The molecule has 4 rings (SSSR count). The van der Waals surface area contributed by atoms with Crippen LogP contribution in [0.25, 0.3) is 20.4 Å². The van der Waals surface area contributed by atoms with Crippen molar-refractivity contribution in [3.05, 3.63) is 35.3 Å². The van der Waals surface area contributed by atoms with Gasteiger partial charge >= 0.3 is 0 Å². The van der Waals surface area contributed by atoms with E-state index >= 15 is 0 Å². The third-order valence-electron chi connectivity index (χ3n) is 4.82. The molecule has 4 nitrogen and oxygen atoms in total. The van der Waals surface area contributed by atoms with Crippen molar-refractivity contribution in [2.45, 2.75) is 64.2 Å². The van der Waals surface area contributed by atoms with Gasteiger partial charge in [-0.3, -0.25) is 0 Å². The number of pyridine rings is 1. The molecule has 0 unspecified atom stereocenters. The Balaban J connectivity index is 1.97. The Kier molecular flexibility index (Phi) is 4.99. The van der Waals surface area contributed by atoms with Crippen LogP contribution in [0, 0.1) is 0 Å². The van der Waals surface area contributed by atoms with Gasteiger partial charge in [0.25, 0.3) is 0 Å². The molecule has 1 aliphatic rings. The first kappa shape index (κ1) is 18.8. The van der Waals surface area contributed by atoms with Gasteiger partial charge < -0.3 is 4.74 Å². The van der Waals surface area contributed by atoms with E-state index < -0.39 is 0 Å². The van der Waals surface area contributed by atoms with Crippen molar-refractivity contribution in [2.24, 2.45) is 0 Å². The van der Waals surface area contributed by atoms with Crippen LogP contribution in [-0.4, -0.2) is 26.3 Å². The lowest BCUT2D eigenvalue weighted by atomic mass is 9.88. The van der Waals surface area contributed by atoms with Crippen LogP contribution < -0.4 is 0 Å². The molecule has 0 aliphatic carbocycles. The van der Waals surface area contributed by atoms with E-state index in [2.05, 4.69) is 37.3 Å². The van der Waals surface area contributed by atoms with E-state index in [4.69, 9.17) is 9.72 Å². The molecule has 6 heteroatoms. The van der Waals surface area contributed by atoms with Gasteiger partial charge in [-0.15, -0.1) is 23.1 Å². The van der Waals surface area contributed by atoms with Gasteiger partial charge in [0.1, 0.15) is 16.2 Å². The van der Waals surface area contributed by atoms with E-state index in [1.54, 1.807) is 29.4 Å². The van der Waals surface area contributed by atoms with E-state index in [1.807, 2.05) is 6.92 Å². The normalized spacial score (nSPS) is 16.0. The van der Waals surface area contributed by atoms with Crippen LogP contribution in [0.5, 0.6) is 0 Å². The maximum atomic E-state index is 6.12. The van der Waals surface area contributed by atoms with E-state index in [9.17, 15) is 0 Å². The molecular weight excluding hydrogens is 374 g/mol. The Bertz CT molecular complexity index is 1040. The number of nitrogens with zero attached hydrogens (tertiary/aromatic N) is 3. The summed E-state index contributed by atoms with van der Waals surface area (Å²) in [4.78, 5) is 15.3. The van der Waals surface area contributed by atoms with Crippen molar-refractivity contribution < 1.29 is 4.74 Å².